The van der Waals surface area contributed by atoms with Crippen molar-refractivity contribution in [2.75, 3.05) is 37.9 Å². The van der Waals surface area contributed by atoms with E-state index < -0.39 is 12.0 Å². The van der Waals surface area contributed by atoms with Gasteiger partial charge in [-0.15, -0.1) is 0 Å². The molecule has 0 unspecified atom stereocenters. The summed E-state index contributed by atoms with van der Waals surface area (Å²) in [7, 11) is 1.94. The Kier molecular flexibility index (Phi) is 16.0. The monoisotopic (exact) mass is 450 g/mol. The Bertz CT molecular complexity index is 471. The fourth-order valence-corrected chi connectivity index (χ4v) is 3.72. The Morgan fingerprint density at radius 2 is 1.93 bits per heavy atom. The normalized spacial score (nSPS) is 16.8. The Balaban J connectivity index is 5.14. The van der Waals surface area contributed by atoms with Gasteiger partial charge in [0.25, 0.3) is 0 Å². The first-order valence-corrected chi connectivity index (χ1v) is 12.6. The highest BCUT2D eigenvalue weighted by Crippen LogP contribution is 2.14. The van der Waals surface area contributed by atoms with Crippen LogP contribution in [0.5, 0.6) is 0 Å². The molecule has 7 nitrogen and oxygen atoms in total. The molecule has 0 rings (SSSR count). The molecular formula is C20H42N4O3S2. The first-order valence-electron chi connectivity index (χ1n) is 10.5. The summed E-state index contributed by atoms with van der Waals surface area (Å²) in [5.74, 6) is 0.534. The molecule has 5 N–H and O–H groups in total. The van der Waals surface area contributed by atoms with E-state index in [9.17, 15) is 14.7 Å². The summed E-state index contributed by atoms with van der Waals surface area (Å²) in [6.45, 7) is 7.74. The number of rotatable bonds is 17. The van der Waals surface area contributed by atoms with Crippen LogP contribution in [0.15, 0.2) is 0 Å². The third-order valence-corrected chi connectivity index (χ3v) is 6.43. The second-order valence-electron chi connectivity index (χ2n) is 7.77. The van der Waals surface area contributed by atoms with E-state index >= 15 is 0 Å². The number of nitrogens with two attached hydrogens (primary N) is 1. The first-order chi connectivity index (χ1) is 13.7. The zero-order chi connectivity index (χ0) is 22.4. The number of nitrogens with one attached hydrogen (secondary N) is 2. The lowest BCUT2D eigenvalue weighted by Gasteiger charge is -2.34. The van der Waals surface area contributed by atoms with E-state index in [1.165, 1.54) is 0 Å². The molecule has 0 aromatic carbocycles. The van der Waals surface area contributed by atoms with Crippen LogP contribution in [-0.2, 0) is 9.59 Å². The predicted molar refractivity (Wildman–Crippen MR) is 127 cm³/mol. The average molecular weight is 451 g/mol. The van der Waals surface area contributed by atoms with Gasteiger partial charge >= 0.3 is 5.97 Å². The Morgan fingerprint density at radius 1 is 1.28 bits per heavy atom. The highest BCUT2D eigenvalue weighted by Gasteiger charge is 2.29. The van der Waals surface area contributed by atoms with Crippen molar-refractivity contribution in [3.8, 4) is 0 Å². The van der Waals surface area contributed by atoms with Crippen LogP contribution in [-0.4, -0.2) is 83.9 Å². The van der Waals surface area contributed by atoms with E-state index in [0.717, 1.165) is 12.8 Å². The number of carbonyl (C=O) groups is 2. The number of hydrogen-bond donors (Lipinski definition) is 5. The number of aliphatic carboxylic acids is 1. The van der Waals surface area contributed by atoms with Gasteiger partial charge in [0, 0.05) is 30.9 Å². The van der Waals surface area contributed by atoms with Gasteiger partial charge in [-0.1, -0.05) is 33.6 Å². The van der Waals surface area contributed by atoms with Crippen molar-refractivity contribution in [2.45, 2.75) is 70.6 Å². The Morgan fingerprint density at radius 3 is 2.41 bits per heavy atom. The van der Waals surface area contributed by atoms with E-state index in [2.05, 4.69) is 37.1 Å². The molecule has 29 heavy (non-hydrogen) atoms. The number of hydrogen-bond acceptors (Lipinski definition) is 7. The van der Waals surface area contributed by atoms with Crippen LogP contribution in [0.1, 0.15) is 46.5 Å². The first kappa shape index (κ1) is 28.5. The van der Waals surface area contributed by atoms with Crippen LogP contribution in [0.4, 0.5) is 0 Å². The fraction of sp³-hybridized carbons (Fsp3) is 0.900. The summed E-state index contributed by atoms with van der Waals surface area (Å²) in [6, 6.07) is -1.03. The van der Waals surface area contributed by atoms with Crippen molar-refractivity contribution in [1.82, 2.24) is 15.5 Å². The third kappa shape index (κ3) is 11.5. The Labute approximate surface area is 186 Å². The number of carboxylic acid groups (broad SMARTS) is 1. The number of thiol groups is 1. The molecule has 0 heterocycles. The minimum Gasteiger partial charge on any atom is -0.480 e. The van der Waals surface area contributed by atoms with Crippen LogP contribution in [0, 0.1) is 5.92 Å². The van der Waals surface area contributed by atoms with Crippen LogP contribution >= 0.6 is 24.4 Å². The van der Waals surface area contributed by atoms with E-state index in [1.807, 2.05) is 25.1 Å². The molecule has 172 valence electrons. The van der Waals surface area contributed by atoms with Gasteiger partial charge in [0.05, 0.1) is 6.04 Å². The number of carbonyl (C=O) groups excluding carboxylic acids is 1. The smallest absolute Gasteiger partial charge is 0.326 e. The zero-order valence-corrected chi connectivity index (χ0v) is 20.4. The minimum atomic E-state index is -0.981. The number of nitrogens with zero attached hydrogens (tertiary/aromatic N) is 1. The average Bonchev–Trinajstić information content (AvgIpc) is 2.70. The number of amides is 1. The van der Waals surface area contributed by atoms with E-state index in [-0.39, 0.29) is 24.0 Å². The van der Waals surface area contributed by atoms with Crippen LogP contribution < -0.4 is 16.4 Å². The van der Waals surface area contributed by atoms with Gasteiger partial charge in [0.15, 0.2) is 0 Å². The van der Waals surface area contributed by atoms with Gasteiger partial charge in [-0.2, -0.15) is 24.4 Å². The van der Waals surface area contributed by atoms with Crippen LogP contribution in [0.2, 0.25) is 0 Å². The largest absolute Gasteiger partial charge is 0.480 e. The van der Waals surface area contributed by atoms with Crippen molar-refractivity contribution >= 4 is 36.3 Å². The topological polar surface area (TPSA) is 108 Å². The lowest BCUT2D eigenvalue weighted by Crippen LogP contribution is -2.55. The van der Waals surface area contributed by atoms with Crippen LogP contribution in [0.25, 0.3) is 0 Å². The zero-order valence-electron chi connectivity index (χ0n) is 18.7. The maximum absolute atomic E-state index is 12.9. The highest BCUT2D eigenvalue weighted by atomic mass is 32.2. The molecule has 0 aliphatic carbocycles. The molecule has 9 heteroatoms. The third-order valence-electron chi connectivity index (χ3n) is 5.31. The van der Waals surface area contributed by atoms with Gasteiger partial charge in [0.2, 0.25) is 5.91 Å². The second-order valence-corrected chi connectivity index (χ2v) is 9.12. The minimum absolute atomic E-state index is 0.0160. The molecule has 0 spiro atoms. The van der Waals surface area contributed by atoms with E-state index in [4.69, 9.17) is 5.73 Å². The molecule has 0 saturated heterocycles. The molecule has 0 aromatic heterocycles. The molecule has 0 fully saturated rings. The predicted octanol–water partition coefficient (Wildman–Crippen LogP) is 1.67. The summed E-state index contributed by atoms with van der Waals surface area (Å²) in [4.78, 5) is 26.5. The maximum atomic E-state index is 12.9. The van der Waals surface area contributed by atoms with Crippen molar-refractivity contribution in [3.63, 3.8) is 0 Å². The van der Waals surface area contributed by atoms with Gasteiger partial charge in [-0.3, -0.25) is 9.69 Å². The lowest BCUT2D eigenvalue weighted by molar-refractivity contribution is -0.142. The molecule has 0 bridgehead atoms. The van der Waals surface area contributed by atoms with E-state index in [1.54, 1.807) is 11.8 Å². The molecule has 1 amide bonds. The molecule has 0 radical (unpaired) electrons. The number of thioether (sulfide) groups is 1. The van der Waals surface area contributed by atoms with Crippen molar-refractivity contribution in [1.29, 1.82) is 0 Å². The maximum Gasteiger partial charge on any atom is 0.326 e. The van der Waals surface area contributed by atoms with Gasteiger partial charge < -0.3 is 21.5 Å². The summed E-state index contributed by atoms with van der Waals surface area (Å²) < 4.78 is 0. The summed E-state index contributed by atoms with van der Waals surface area (Å²) in [5, 5.41) is 15.7. The second kappa shape index (κ2) is 16.2. The number of carboxylic acids is 1. The molecular weight excluding hydrogens is 408 g/mol. The lowest BCUT2D eigenvalue weighted by atomic mass is 9.97. The molecule has 5 atom stereocenters. The molecule has 0 aliphatic heterocycles. The van der Waals surface area contributed by atoms with E-state index in [0.29, 0.717) is 43.4 Å². The molecule has 0 aromatic rings. The standard InChI is InChI=1S/C20H42N4O3S2/c1-6-8-18(19(25)23-16(20(26)27)9-10-29-5)24(4)12-17(14(3)7-2)22-11-15(21)13-28/h14-18,22,28H,6-13,21H2,1-5H3,(H,23,25)(H,26,27)/t14-,15+,16-,17+,18-/m0/s1. The van der Waals surface area contributed by atoms with Gasteiger partial charge in [0.1, 0.15) is 6.04 Å². The quantitative estimate of drug-likeness (QED) is 0.215. The molecule has 0 aliphatic rings. The highest BCUT2D eigenvalue weighted by molar-refractivity contribution is 7.98. The van der Waals surface area contributed by atoms with Crippen LogP contribution in [0.3, 0.4) is 0 Å². The molecule has 0 saturated carbocycles. The van der Waals surface area contributed by atoms with Crippen molar-refractivity contribution < 1.29 is 14.7 Å². The van der Waals surface area contributed by atoms with Crippen molar-refractivity contribution in [3.05, 3.63) is 0 Å². The SMILES string of the molecule is CCC[C@@H](C(=O)N[C@@H](CCSC)C(=O)O)N(C)C[C@@H](NC[C@@H](N)CS)[C@@H](C)CC. The Hall–Kier alpha value is -0.480. The van der Waals surface area contributed by atoms with Crippen molar-refractivity contribution in [2.24, 2.45) is 11.7 Å². The summed E-state index contributed by atoms with van der Waals surface area (Å²) in [5.41, 5.74) is 6.00. The fourth-order valence-electron chi connectivity index (χ4n) is 3.12. The van der Waals surface area contributed by atoms with Gasteiger partial charge in [-0.05, 0) is 37.8 Å². The summed E-state index contributed by atoms with van der Waals surface area (Å²) >= 11 is 5.82. The number of likely N-dealkylation sites (N-methyl/N-ethyl adjacent to an activating group) is 1. The summed E-state index contributed by atoms with van der Waals surface area (Å²) in [6.07, 6.45) is 4.89. The van der Waals surface area contributed by atoms with Gasteiger partial charge in [-0.25, -0.2) is 4.79 Å².